The minimum atomic E-state index is -0.877. The number of hydrogen-bond acceptors (Lipinski definition) is 2. The van der Waals surface area contributed by atoms with Gasteiger partial charge in [0.25, 0.3) is 0 Å². The van der Waals surface area contributed by atoms with E-state index < -0.39 is 5.97 Å². The van der Waals surface area contributed by atoms with Crippen molar-refractivity contribution in [1.82, 2.24) is 5.32 Å². The molecule has 110 valence electrons. The normalized spacial score (nSPS) is 11.8. The van der Waals surface area contributed by atoms with E-state index in [0.717, 1.165) is 13.4 Å². The maximum atomic E-state index is 11.8. The molecule has 0 fully saturated rings. The zero-order valence-electron chi connectivity index (χ0n) is 10.5. The van der Waals surface area contributed by atoms with E-state index in [4.69, 9.17) is 5.11 Å². The second-order valence-corrected chi connectivity index (χ2v) is 6.91. The highest BCUT2D eigenvalue weighted by atomic mass is 79.9. The molecule has 0 spiro atoms. The number of nitrogens with one attached hydrogen (secondary N) is 2. The van der Waals surface area contributed by atoms with Gasteiger partial charge in [-0.1, -0.05) is 22.9 Å². The molecular weight excluding hydrogens is 460 g/mol. The van der Waals surface area contributed by atoms with Gasteiger partial charge in [0.1, 0.15) is 0 Å². The van der Waals surface area contributed by atoms with Gasteiger partial charge in [-0.2, -0.15) is 0 Å². The van der Waals surface area contributed by atoms with Crippen LogP contribution in [-0.2, 0) is 4.79 Å². The summed E-state index contributed by atoms with van der Waals surface area (Å²) in [4.78, 5) is 22.3. The second-order valence-electron chi connectivity index (χ2n) is 4.28. The topological polar surface area (TPSA) is 78.4 Å². The van der Waals surface area contributed by atoms with Crippen LogP contribution < -0.4 is 10.6 Å². The van der Waals surface area contributed by atoms with Crippen LogP contribution >= 0.6 is 47.8 Å². The first-order valence-electron chi connectivity index (χ1n) is 5.70. The van der Waals surface area contributed by atoms with Gasteiger partial charge in [0.15, 0.2) is 0 Å². The molecule has 0 aliphatic heterocycles. The summed E-state index contributed by atoms with van der Waals surface area (Å²) in [5, 5.41) is 14.0. The molecule has 1 rings (SSSR count). The average molecular weight is 473 g/mol. The number of urea groups is 1. The van der Waals surface area contributed by atoms with Gasteiger partial charge in [0.05, 0.1) is 5.69 Å². The average Bonchev–Trinajstić information content (AvgIpc) is 2.30. The summed E-state index contributed by atoms with van der Waals surface area (Å²) in [6.07, 6.45) is 0.0198. The van der Waals surface area contributed by atoms with E-state index in [2.05, 4.69) is 58.4 Å². The molecule has 0 aliphatic carbocycles. The van der Waals surface area contributed by atoms with Crippen molar-refractivity contribution in [3.05, 3.63) is 25.6 Å². The molecule has 0 aliphatic rings. The molecule has 0 radical (unpaired) electrons. The van der Waals surface area contributed by atoms with Crippen LogP contribution in [0.1, 0.15) is 13.3 Å². The van der Waals surface area contributed by atoms with Crippen molar-refractivity contribution in [3.8, 4) is 0 Å². The summed E-state index contributed by atoms with van der Waals surface area (Å²) >= 11 is 10.1. The number of rotatable bonds is 5. The number of carboxylic acid groups (broad SMARTS) is 1. The monoisotopic (exact) mass is 470 g/mol. The van der Waals surface area contributed by atoms with Gasteiger partial charge in [0.2, 0.25) is 0 Å². The van der Waals surface area contributed by atoms with Crippen LogP contribution in [0.2, 0.25) is 0 Å². The van der Waals surface area contributed by atoms with Gasteiger partial charge in [-0.25, -0.2) is 4.79 Å². The van der Waals surface area contributed by atoms with E-state index in [-0.39, 0.29) is 18.4 Å². The molecule has 1 aromatic carbocycles. The Morgan fingerprint density at radius 2 is 1.80 bits per heavy atom. The van der Waals surface area contributed by atoms with Crippen LogP contribution in [0.15, 0.2) is 25.6 Å². The van der Waals surface area contributed by atoms with E-state index in [1.807, 2.05) is 12.1 Å². The quantitative estimate of drug-likeness (QED) is 0.600. The number of carbonyl (C=O) groups excluding carboxylic acids is 1. The van der Waals surface area contributed by atoms with Crippen LogP contribution in [0.25, 0.3) is 0 Å². The Morgan fingerprint density at radius 3 is 2.30 bits per heavy atom. The molecule has 2 amide bonds. The number of anilines is 1. The third kappa shape index (κ3) is 5.80. The lowest BCUT2D eigenvalue weighted by Gasteiger charge is -2.13. The predicted molar refractivity (Wildman–Crippen MR) is 88.0 cm³/mol. The van der Waals surface area contributed by atoms with Crippen molar-refractivity contribution in [2.75, 3.05) is 11.9 Å². The Kier molecular flexibility index (Phi) is 6.97. The van der Waals surface area contributed by atoms with Crippen molar-refractivity contribution < 1.29 is 14.7 Å². The summed E-state index contributed by atoms with van der Waals surface area (Å²) in [5.74, 6) is -1.01. The third-order valence-electron chi connectivity index (χ3n) is 2.38. The number of halogens is 3. The van der Waals surface area contributed by atoms with Gasteiger partial charge >= 0.3 is 12.0 Å². The predicted octanol–water partition coefficient (Wildman–Crippen LogP) is 4.21. The van der Waals surface area contributed by atoms with Crippen molar-refractivity contribution >= 4 is 65.5 Å². The Hall–Kier alpha value is -0.600. The van der Waals surface area contributed by atoms with Gasteiger partial charge in [-0.15, -0.1) is 0 Å². The molecule has 0 heterocycles. The Balaban J connectivity index is 2.57. The minimum absolute atomic E-state index is 0.0198. The molecule has 3 N–H and O–H groups in total. The molecule has 20 heavy (non-hydrogen) atoms. The first kappa shape index (κ1) is 17.5. The van der Waals surface area contributed by atoms with Gasteiger partial charge in [-0.05, 0) is 49.9 Å². The molecule has 1 atom stereocenters. The number of amides is 2. The largest absolute Gasteiger partial charge is 0.481 e. The summed E-state index contributed by atoms with van der Waals surface area (Å²) < 4.78 is 2.33. The molecule has 8 heteroatoms. The van der Waals surface area contributed by atoms with Crippen LogP contribution in [0.5, 0.6) is 0 Å². The van der Waals surface area contributed by atoms with Gasteiger partial charge in [0, 0.05) is 26.4 Å². The van der Waals surface area contributed by atoms with Crippen LogP contribution in [0.4, 0.5) is 10.5 Å². The van der Waals surface area contributed by atoms with Gasteiger partial charge in [-0.3, -0.25) is 4.79 Å². The first-order valence-corrected chi connectivity index (χ1v) is 8.08. The Labute approximate surface area is 141 Å². The number of carboxylic acids is 1. The van der Waals surface area contributed by atoms with E-state index in [9.17, 15) is 9.59 Å². The van der Waals surface area contributed by atoms with E-state index in [0.29, 0.717) is 12.2 Å². The van der Waals surface area contributed by atoms with E-state index in [1.165, 1.54) is 0 Å². The molecule has 1 unspecified atom stereocenters. The fraction of sp³-hybridized carbons (Fsp3) is 0.333. The highest BCUT2D eigenvalue weighted by Crippen LogP contribution is 2.34. The standard InChI is InChI=1S/C12H13Br3N2O3/c1-6(2-10(18)19)5-16-12(20)17-11-8(14)3-7(13)4-9(11)15/h3-4,6H,2,5H2,1H3,(H,18,19)(H2,16,17,20). The van der Waals surface area contributed by atoms with Crippen molar-refractivity contribution in [2.24, 2.45) is 5.92 Å². The van der Waals surface area contributed by atoms with Crippen molar-refractivity contribution in [1.29, 1.82) is 0 Å². The van der Waals surface area contributed by atoms with E-state index in [1.54, 1.807) is 6.92 Å². The first-order chi connectivity index (χ1) is 9.29. The summed E-state index contributed by atoms with van der Waals surface area (Å²) in [5.41, 5.74) is 0.608. The fourth-order valence-corrected chi connectivity index (χ4v) is 3.91. The smallest absolute Gasteiger partial charge is 0.319 e. The number of benzene rings is 1. The minimum Gasteiger partial charge on any atom is -0.481 e. The second kappa shape index (κ2) is 7.99. The molecule has 0 saturated heterocycles. The lowest BCUT2D eigenvalue weighted by molar-refractivity contribution is -0.137. The maximum absolute atomic E-state index is 11.8. The van der Waals surface area contributed by atoms with Crippen LogP contribution in [0, 0.1) is 5.92 Å². The fourth-order valence-electron chi connectivity index (χ4n) is 1.46. The lowest BCUT2D eigenvalue weighted by atomic mass is 10.1. The molecular formula is C12H13Br3N2O3. The number of aliphatic carboxylic acids is 1. The maximum Gasteiger partial charge on any atom is 0.319 e. The Morgan fingerprint density at radius 1 is 1.25 bits per heavy atom. The zero-order valence-corrected chi connectivity index (χ0v) is 15.3. The number of hydrogen-bond donors (Lipinski definition) is 3. The molecule has 1 aromatic rings. The highest BCUT2D eigenvalue weighted by molar-refractivity contribution is 9.11. The molecule has 5 nitrogen and oxygen atoms in total. The van der Waals surface area contributed by atoms with E-state index >= 15 is 0 Å². The highest BCUT2D eigenvalue weighted by Gasteiger charge is 2.12. The SMILES string of the molecule is CC(CNC(=O)Nc1c(Br)cc(Br)cc1Br)CC(=O)O. The summed E-state index contributed by atoms with van der Waals surface area (Å²) in [7, 11) is 0. The third-order valence-corrected chi connectivity index (χ3v) is 4.09. The van der Waals surface area contributed by atoms with Crippen molar-refractivity contribution in [3.63, 3.8) is 0 Å². The summed E-state index contributed by atoms with van der Waals surface area (Å²) in [6.45, 7) is 2.06. The van der Waals surface area contributed by atoms with Crippen molar-refractivity contribution in [2.45, 2.75) is 13.3 Å². The molecule has 0 bridgehead atoms. The summed E-state index contributed by atoms with van der Waals surface area (Å²) in [6, 6.07) is 3.24. The number of carbonyl (C=O) groups is 2. The zero-order chi connectivity index (χ0) is 15.3. The van der Waals surface area contributed by atoms with Gasteiger partial charge < -0.3 is 15.7 Å². The van der Waals surface area contributed by atoms with Crippen LogP contribution in [0.3, 0.4) is 0 Å². The van der Waals surface area contributed by atoms with Crippen LogP contribution in [-0.4, -0.2) is 23.7 Å². The Bertz CT molecular complexity index is 500. The lowest BCUT2D eigenvalue weighted by Crippen LogP contribution is -2.33. The molecule has 0 saturated carbocycles. The molecule has 0 aromatic heterocycles.